The molecule has 2 fully saturated rings. The number of piperidine rings is 1. The average molecular weight is 333 g/mol. The van der Waals surface area contributed by atoms with Crippen LogP contribution in [-0.2, 0) is 16.6 Å². The van der Waals surface area contributed by atoms with Gasteiger partial charge in [-0.3, -0.25) is 19.2 Å². The third-order valence-electron chi connectivity index (χ3n) is 4.99. The Hall–Kier alpha value is -1.89. The first-order chi connectivity index (χ1) is 11.5. The van der Waals surface area contributed by atoms with E-state index in [1.165, 1.54) is 12.5 Å². The van der Waals surface area contributed by atoms with Crippen LogP contribution in [0.15, 0.2) is 12.4 Å². The van der Waals surface area contributed by atoms with Crippen molar-refractivity contribution in [2.24, 2.45) is 7.05 Å². The van der Waals surface area contributed by atoms with Crippen molar-refractivity contribution >= 4 is 11.8 Å². The summed E-state index contributed by atoms with van der Waals surface area (Å²) < 4.78 is 1.82. The number of nitrogens with zero attached hydrogens (tertiary/aromatic N) is 4. The molecule has 3 heterocycles. The maximum Gasteiger partial charge on any atom is 0.236 e. The summed E-state index contributed by atoms with van der Waals surface area (Å²) in [5.74, 6) is 0.145. The van der Waals surface area contributed by atoms with Crippen molar-refractivity contribution in [2.75, 3.05) is 26.2 Å². The molecule has 2 amide bonds. The fourth-order valence-corrected chi connectivity index (χ4v) is 3.89. The summed E-state index contributed by atoms with van der Waals surface area (Å²) >= 11 is 0. The van der Waals surface area contributed by atoms with Crippen LogP contribution in [-0.4, -0.2) is 63.6 Å². The van der Waals surface area contributed by atoms with Gasteiger partial charge in [0.1, 0.15) is 0 Å². The lowest BCUT2D eigenvalue weighted by Crippen LogP contribution is -2.51. The summed E-state index contributed by atoms with van der Waals surface area (Å²) in [7, 11) is 1.92. The van der Waals surface area contributed by atoms with Crippen molar-refractivity contribution in [3.05, 3.63) is 18.0 Å². The second-order valence-electron chi connectivity index (χ2n) is 6.96. The van der Waals surface area contributed by atoms with Crippen molar-refractivity contribution < 1.29 is 9.59 Å². The topological polar surface area (TPSA) is 70.5 Å². The molecule has 0 unspecified atom stereocenters. The second kappa shape index (κ2) is 7.34. The van der Waals surface area contributed by atoms with Crippen LogP contribution < -0.4 is 5.32 Å². The van der Waals surface area contributed by atoms with Crippen molar-refractivity contribution in [3.63, 3.8) is 0 Å². The normalized spacial score (nSPS) is 25.0. The lowest BCUT2D eigenvalue weighted by Gasteiger charge is -2.34. The number of hydrogen-bond donors (Lipinski definition) is 1. The molecular weight excluding hydrogens is 306 g/mol. The highest BCUT2D eigenvalue weighted by Crippen LogP contribution is 2.31. The first-order valence-corrected chi connectivity index (χ1v) is 8.80. The van der Waals surface area contributed by atoms with E-state index in [9.17, 15) is 9.59 Å². The van der Waals surface area contributed by atoms with Crippen molar-refractivity contribution in [1.82, 2.24) is 24.9 Å². The van der Waals surface area contributed by atoms with Crippen LogP contribution in [0.5, 0.6) is 0 Å². The van der Waals surface area contributed by atoms with Gasteiger partial charge in [0.25, 0.3) is 0 Å². The molecule has 132 valence electrons. The molecule has 0 bridgehead atoms. The van der Waals surface area contributed by atoms with E-state index in [0.29, 0.717) is 19.1 Å². The summed E-state index contributed by atoms with van der Waals surface area (Å²) in [5, 5.41) is 7.20. The minimum absolute atomic E-state index is 0.0227. The summed E-state index contributed by atoms with van der Waals surface area (Å²) in [6, 6.07) is 0.381. The molecule has 0 radical (unpaired) electrons. The molecule has 7 nitrogen and oxygen atoms in total. The number of likely N-dealkylation sites (tertiary alicyclic amines) is 2. The van der Waals surface area contributed by atoms with Crippen LogP contribution in [0, 0.1) is 0 Å². The average Bonchev–Trinajstić information content (AvgIpc) is 3.15. The van der Waals surface area contributed by atoms with Gasteiger partial charge in [0.2, 0.25) is 11.8 Å². The van der Waals surface area contributed by atoms with Gasteiger partial charge in [-0.1, -0.05) is 0 Å². The molecule has 0 spiro atoms. The van der Waals surface area contributed by atoms with Crippen molar-refractivity contribution in [1.29, 1.82) is 0 Å². The molecule has 0 saturated carbocycles. The number of amides is 2. The number of carbonyl (C=O) groups excluding carboxylic acids is 2. The smallest absolute Gasteiger partial charge is 0.236 e. The van der Waals surface area contributed by atoms with Gasteiger partial charge in [0, 0.05) is 50.9 Å². The minimum Gasteiger partial charge on any atom is -0.352 e. The molecule has 0 aromatic carbocycles. The zero-order chi connectivity index (χ0) is 17.1. The molecule has 1 N–H and O–H groups in total. The number of hydrogen-bond acceptors (Lipinski definition) is 4. The highest BCUT2D eigenvalue weighted by atomic mass is 16.2. The molecule has 2 atom stereocenters. The number of rotatable bonds is 4. The molecular formula is C17H27N5O2. The van der Waals surface area contributed by atoms with Crippen LogP contribution in [0.3, 0.4) is 0 Å². The first kappa shape index (κ1) is 17.0. The Morgan fingerprint density at radius 3 is 2.79 bits per heavy atom. The van der Waals surface area contributed by atoms with E-state index in [1.807, 2.05) is 29.0 Å². The first-order valence-electron chi connectivity index (χ1n) is 8.80. The Kier molecular flexibility index (Phi) is 5.18. The number of aryl methyl sites for hydroxylation is 1. The molecule has 2 saturated heterocycles. The summed E-state index contributed by atoms with van der Waals surface area (Å²) in [6.07, 6.45) is 8.03. The minimum atomic E-state index is -0.0227. The van der Waals surface area contributed by atoms with Crippen LogP contribution in [0.1, 0.15) is 44.2 Å². The van der Waals surface area contributed by atoms with Gasteiger partial charge in [-0.2, -0.15) is 5.10 Å². The third kappa shape index (κ3) is 3.95. The van der Waals surface area contributed by atoms with Crippen LogP contribution in [0.4, 0.5) is 0 Å². The fourth-order valence-electron chi connectivity index (χ4n) is 3.89. The number of carbonyl (C=O) groups is 2. The molecule has 1 aromatic rings. The van der Waals surface area contributed by atoms with Gasteiger partial charge in [-0.05, 0) is 32.2 Å². The summed E-state index contributed by atoms with van der Waals surface area (Å²) in [6.45, 7) is 4.36. The van der Waals surface area contributed by atoms with E-state index in [4.69, 9.17) is 0 Å². The largest absolute Gasteiger partial charge is 0.352 e. The highest BCUT2D eigenvalue weighted by Gasteiger charge is 2.31. The number of aromatic nitrogens is 2. The van der Waals surface area contributed by atoms with Gasteiger partial charge in [0.05, 0.1) is 12.7 Å². The van der Waals surface area contributed by atoms with Crippen LogP contribution in [0.2, 0.25) is 0 Å². The van der Waals surface area contributed by atoms with Gasteiger partial charge >= 0.3 is 0 Å². The van der Waals surface area contributed by atoms with E-state index in [2.05, 4.69) is 15.3 Å². The Labute approximate surface area is 143 Å². The van der Waals surface area contributed by atoms with Gasteiger partial charge < -0.3 is 10.2 Å². The SMILES string of the molecule is CC(=O)N[C@@H]1CCCN(C(=O)CN2CCC[C@H]2c2cnn(C)c2)C1. The molecule has 2 aliphatic rings. The van der Waals surface area contributed by atoms with E-state index >= 15 is 0 Å². The standard InChI is InChI=1S/C17H27N5O2/c1-13(23)19-15-5-3-8-22(11-15)17(24)12-21-7-4-6-16(21)14-9-18-20(2)10-14/h9-10,15-16H,3-8,11-12H2,1-2H3,(H,19,23)/t15-,16+/m1/s1. The monoisotopic (exact) mass is 333 g/mol. The van der Waals surface area contributed by atoms with E-state index in [1.54, 1.807) is 0 Å². The zero-order valence-corrected chi connectivity index (χ0v) is 14.6. The van der Waals surface area contributed by atoms with Crippen LogP contribution >= 0.6 is 0 Å². The van der Waals surface area contributed by atoms with Crippen molar-refractivity contribution in [2.45, 2.75) is 44.7 Å². The predicted octanol–water partition coefficient (Wildman–Crippen LogP) is 0.684. The van der Waals surface area contributed by atoms with Gasteiger partial charge in [0.15, 0.2) is 0 Å². The van der Waals surface area contributed by atoms with E-state index in [-0.39, 0.29) is 17.9 Å². The molecule has 3 rings (SSSR count). The molecule has 0 aliphatic carbocycles. The third-order valence-corrected chi connectivity index (χ3v) is 4.99. The van der Waals surface area contributed by atoms with E-state index < -0.39 is 0 Å². The molecule has 24 heavy (non-hydrogen) atoms. The Balaban J connectivity index is 1.58. The Morgan fingerprint density at radius 1 is 1.29 bits per heavy atom. The maximum absolute atomic E-state index is 12.7. The Bertz CT molecular complexity index is 600. The van der Waals surface area contributed by atoms with Gasteiger partial charge in [-0.15, -0.1) is 0 Å². The predicted molar refractivity (Wildman–Crippen MR) is 90.2 cm³/mol. The fraction of sp³-hybridized carbons (Fsp3) is 0.706. The highest BCUT2D eigenvalue weighted by molar-refractivity contribution is 5.79. The van der Waals surface area contributed by atoms with Crippen molar-refractivity contribution in [3.8, 4) is 0 Å². The number of nitrogens with one attached hydrogen (secondary N) is 1. The molecule has 7 heteroatoms. The summed E-state index contributed by atoms with van der Waals surface area (Å²) in [5.41, 5.74) is 1.19. The molecule has 1 aromatic heterocycles. The lowest BCUT2D eigenvalue weighted by atomic mass is 10.1. The summed E-state index contributed by atoms with van der Waals surface area (Å²) in [4.78, 5) is 28.1. The van der Waals surface area contributed by atoms with E-state index in [0.717, 1.165) is 38.8 Å². The quantitative estimate of drug-likeness (QED) is 0.880. The van der Waals surface area contributed by atoms with Gasteiger partial charge in [-0.25, -0.2) is 0 Å². The second-order valence-corrected chi connectivity index (χ2v) is 6.96. The maximum atomic E-state index is 12.7. The molecule has 2 aliphatic heterocycles. The zero-order valence-electron chi connectivity index (χ0n) is 14.6. The van der Waals surface area contributed by atoms with Crippen LogP contribution in [0.25, 0.3) is 0 Å². The lowest BCUT2D eigenvalue weighted by molar-refractivity contribution is -0.134. The Morgan fingerprint density at radius 2 is 2.08 bits per heavy atom.